The molecule has 0 fully saturated rings. The third kappa shape index (κ3) is 3.62. The normalized spacial score (nSPS) is 11.0. The Kier molecular flexibility index (Phi) is 3.20. The molecular formula is C6H8ClN. The Balaban J connectivity index is 3.94. The van der Waals surface area contributed by atoms with Crippen molar-refractivity contribution in [2.24, 2.45) is 4.99 Å². The average Bonchev–Trinajstić information content (AvgIpc) is 1.65. The summed E-state index contributed by atoms with van der Waals surface area (Å²) in [7, 11) is 0. The lowest BCUT2D eigenvalue weighted by atomic mass is 10.4. The zero-order chi connectivity index (χ0) is 6.57. The second-order valence-electron chi connectivity index (χ2n) is 1.33. The molecule has 0 spiro atoms. The molecule has 0 rings (SSSR count). The Labute approximate surface area is 54.4 Å². The second kappa shape index (κ2) is 3.44. The van der Waals surface area contributed by atoms with E-state index in [-0.39, 0.29) is 0 Å². The van der Waals surface area contributed by atoms with Crippen LogP contribution in [0.1, 0.15) is 6.92 Å². The number of rotatable bonds is 2. The molecule has 0 atom stereocenters. The maximum Gasteiger partial charge on any atom is 0.122 e. The Morgan fingerprint density at radius 1 is 1.75 bits per heavy atom. The van der Waals surface area contributed by atoms with E-state index >= 15 is 0 Å². The van der Waals surface area contributed by atoms with Crippen LogP contribution in [0.25, 0.3) is 0 Å². The van der Waals surface area contributed by atoms with Gasteiger partial charge in [0.1, 0.15) is 5.16 Å². The van der Waals surface area contributed by atoms with Gasteiger partial charge >= 0.3 is 0 Å². The first kappa shape index (κ1) is 7.44. The summed E-state index contributed by atoms with van der Waals surface area (Å²) in [4.78, 5) is 3.77. The molecule has 0 amide bonds. The van der Waals surface area contributed by atoms with Crippen molar-refractivity contribution in [2.75, 3.05) is 0 Å². The highest BCUT2D eigenvalue weighted by Crippen LogP contribution is 1.97. The van der Waals surface area contributed by atoms with Crippen LogP contribution < -0.4 is 0 Å². The van der Waals surface area contributed by atoms with Crippen molar-refractivity contribution in [3.05, 3.63) is 24.4 Å². The number of aliphatic imine (C=N–C) groups is 1. The van der Waals surface area contributed by atoms with E-state index in [1.54, 1.807) is 13.0 Å². The van der Waals surface area contributed by atoms with Gasteiger partial charge < -0.3 is 0 Å². The molecule has 1 nitrogen and oxygen atoms in total. The van der Waals surface area contributed by atoms with Gasteiger partial charge in [-0.15, -0.1) is 0 Å². The van der Waals surface area contributed by atoms with Crippen LogP contribution in [0.15, 0.2) is 29.4 Å². The van der Waals surface area contributed by atoms with E-state index in [4.69, 9.17) is 11.6 Å². The van der Waals surface area contributed by atoms with E-state index in [9.17, 15) is 0 Å². The van der Waals surface area contributed by atoms with E-state index in [1.807, 2.05) is 0 Å². The third-order valence-corrected chi connectivity index (χ3v) is 0.678. The zero-order valence-corrected chi connectivity index (χ0v) is 5.57. The number of hydrogen-bond acceptors (Lipinski definition) is 1. The first-order valence-electron chi connectivity index (χ1n) is 2.19. The summed E-state index contributed by atoms with van der Waals surface area (Å²) in [5.74, 6) is 0. The third-order valence-electron chi connectivity index (χ3n) is 0.593. The predicted octanol–water partition coefficient (Wildman–Crippen LogP) is 2.34. The van der Waals surface area contributed by atoms with Gasteiger partial charge in [-0.05, 0) is 13.0 Å². The minimum Gasteiger partial charge on any atom is -0.242 e. The smallest absolute Gasteiger partial charge is 0.122 e. The number of nitrogens with zero attached hydrogens (tertiary/aromatic N) is 1. The van der Waals surface area contributed by atoms with Gasteiger partial charge in [0, 0.05) is 5.71 Å². The molecular weight excluding hydrogens is 122 g/mol. The van der Waals surface area contributed by atoms with E-state index in [0.29, 0.717) is 5.16 Å². The van der Waals surface area contributed by atoms with E-state index in [2.05, 4.69) is 18.2 Å². The van der Waals surface area contributed by atoms with Crippen LogP contribution in [0.4, 0.5) is 0 Å². The molecule has 0 saturated carbocycles. The van der Waals surface area contributed by atoms with Gasteiger partial charge in [0.2, 0.25) is 0 Å². The van der Waals surface area contributed by atoms with Crippen molar-refractivity contribution in [3.8, 4) is 0 Å². The molecule has 0 aliphatic rings. The molecule has 2 heteroatoms. The number of hydrogen-bond donors (Lipinski definition) is 0. The molecule has 44 valence electrons. The molecule has 0 aromatic heterocycles. The molecule has 0 N–H and O–H groups in total. The van der Waals surface area contributed by atoms with E-state index in [1.165, 1.54) is 0 Å². The fourth-order valence-corrected chi connectivity index (χ4v) is 0.370. The molecule has 8 heavy (non-hydrogen) atoms. The fourth-order valence-electron chi connectivity index (χ4n) is 0.237. The molecule has 0 unspecified atom stereocenters. The summed E-state index contributed by atoms with van der Waals surface area (Å²) >= 11 is 5.32. The lowest BCUT2D eigenvalue weighted by molar-refractivity contribution is 1.51. The van der Waals surface area contributed by atoms with Crippen LogP contribution >= 0.6 is 11.6 Å². The van der Waals surface area contributed by atoms with Gasteiger partial charge in [-0.3, -0.25) is 0 Å². The molecule has 0 radical (unpaired) electrons. The Hall–Kier alpha value is -0.560. The van der Waals surface area contributed by atoms with Gasteiger partial charge in [0.05, 0.1) is 0 Å². The minimum absolute atomic E-state index is 0.294. The summed E-state index contributed by atoms with van der Waals surface area (Å²) < 4.78 is 0. The van der Waals surface area contributed by atoms with Crippen molar-refractivity contribution in [1.82, 2.24) is 0 Å². The Morgan fingerprint density at radius 2 is 2.25 bits per heavy atom. The van der Waals surface area contributed by atoms with Crippen LogP contribution in [0.5, 0.6) is 0 Å². The Morgan fingerprint density at radius 3 is 2.38 bits per heavy atom. The monoisotopic (exact) mass is 129 g/mol. The molecule has 0 heterocycles. The van der Waals surface area contributed by atoms with Crippen molar-refractivity contribution in [2.45, 2.75) is 6.92 Å². The predicted molar refractivity (Wildman–Crippen MR) is 38.3 cm³/mol. The van der Waals surface area contributed by atoms with E-state index in [0.717, 1.165) is 5.71 Å². The minimum atomic E-state index is 0.294. The second-order valence-corrected chi connectivity index (χ2v) is 1.77. The van der Waals surface area contributed by atoms with Crippen molar-refractivity contribution < 1.29 is 0 Å². The maximum atomic E-state index is 5.32. The number of halogens is 1. The summed E-state index contributed by atoms with van der Waals surface area (Å²) in [6, 6.07) is 0. The summed E-state index contributed by atoms with van der Waals surface area (Å²) in [6.45, 7) is 8.66. The molecule has 0 saturated heterocycles. The summed E-state index contributed by atoms with van der Waals surface area (Å²) in [5.41, 5.74) is 0.782. The van der Waals surface area contributed by atoms with Gasteiger partial charge in [0.25, 0.3) is 0 Å². The van der Waals surface area contributed by atoms with Crippen molar-refractivity contribution in [3.63, 3.8) is 0 Å². The van der Waals surface area contributed by atoms with E-state index < -0.39 is 0 Å². The zero-order valence-electron chi connectivity index (χ0n) is 4.82. The highest BCUT2D eigenvalue weighted by Gasteiger charge is 1.80. The SMILES string of the molecule is C=C/C(C)=N\C(=C)Cl. The van der Waals surface area contributed by atoms with Crippen LogP contribution in [0.3, 0.4) is 0 Å². The number of allylic oxidation sites excluding steroid dienone is 1. The first-order valence-corrected chi connectivity index (χ1v) is 2.56. The first-order chi connectivity index (χ1) is 3.66. The Bertz CT molecular complexity index is 135. The molecule has 0 aliphatic heterocycles. The lowest BCUT2D eigenvalue weighted by Gasteiger charge is -1.85. The van der Waals surface area contributed by atoms with Crippen LogP contribution in [-0.4, -0.2) is 5.71 Å². The molecule has 0 aromatic rings. The summed E-state index contributed by atoms with van der Waals surface area (Å²) in [6.07, 6.45) is 1.62. The van der Waals surface area contributed by atoms with Crippen LogP contribution in [0, 0.1) is 0 Å². The lowest BCUT2D eigenvalue weighted by Crippen LogP contribution is -1.80. The van der Waals surface area contributed by atoms with Gasteiger partial charge in [-0.25, -0.2) is 4.99 Å². The largest absolute Gasteiger partial charge is 0.242 e. The maximum absolute atomic E-state index is 5.32. The quantitative estimate of drug-likeness (QED) is 0.401. The van der Waals surface area contributed by atoms with Gasteiger partial charge in [-0.2, -0.15) is 0 Å². The molecule has 0 aliphatic carbocycles. The van der Waals surface area contributed by atoms with Crippen molar-refractivity contribution >= 4 is 17.3 Å². The molecule has 0 aromatic carbocycles. The topological polar surface area (TPSA) is 12.4 Å². The summed E-state index contributed by atoms with van der Waals surface area (Å²) in [5, 5.41) is 0.294. The van der Waals surface area contributed by atoms with Gasteiger partial charge in [-0.1, -0.05) is 24.8 Å². The van der Waals surface area contributed by atoms with Gasteiger partial charge in [0.15, 0.2) is 0 Å². The average molecular weight is 130 g/mol. The van der Waals surface area contributed by atoms with Crippen molar-refractivity contribution in [1.29, 1.82) is 0 Å². The highest BCUT2D eigenvalue weighted by atomic mass is 35.5. The standard InChI is InChI=1S/C6H8ClN/c1-4-5(2)8-6(3)7/h4H,1,3H2,2H3/b8-5-. The van der Waals surface area contributed by atoms with Crippen LogP contribution in [-0.2, 0) is 0 Å². The molecule has 0 bridgehead atoms. The highest BCUT2D eigenvalue weighted by molar-refractivity contribution is 6.29. The van der Waals surface area contributed by atoms with Crippen LogP contribution in [0.2, 0.25) is 0 Å². The fraction of sp³-hybridized carbons (Fsp3) is 0.167.